The van der Waals surface area contributed by atoms with Crippen molar-refractivity contribution in [1.82, 2.24) is 0 Å². The Kier molecular flexibility index (Phi) is 3.73. The molecule has 0 spiro atoms. The molecule has 5 heteroatoms. The van der Waals surface area contributed by atoms with Crippen molar-refractivity contribution in [2.45, 2.75) is 20.0 Å². The highest BCUT2D eigenvalue weighted by Gasteiger charge is 2.25. The van der Waals surface area contributed by atoms with E-state index in [9.17, 15) is 4.79 Å². The van der Waals surface area contributed by atoms with Gasteiger partial charge in [-0.05, 0) is 43.2 Å². The van der Waals surface area contributed by atoms with Crippen LogP contribution in [0, 0.1) is 13.8 Å². The molecule has 1 atom stereocenters. The van der Waals surface area contributed by atoms with Gasteiger partial charge in [0.15, 0.2) is 6.61 Å². The minimum Gasteiger partial charge on any atom is -0.482 e. The van der Waals surface area contributed by atoms with E-state index in [4.69, 9.17) is 14.7 Å². The van der Waals surface area contributed by atoms with E-state index >= 15 is 0 Å². The number of carbonyl (C=O) groups is 1. The third kappa shape index (κ3) is 2.63. The van der Waals surface area contributed by atoms with Gasteiger partial charge in [-0.1, -0.05) is 18.2 Å². The number of hydrogen-bond acceptors (Lipinski definition) is 4. The highest BCUT2D eigenvalue weighted by Crippen LogP contribution is 2.34. The zero-order valence-corrected chi connectivity index (χ0v) is 12.4. The summed E-state index contributed by atoms with van der Waals surface area (Å²) in [4.78, 5) is 16.5. The summed E-state index contributed by atoms with van der Waals surface area (Å²) in [6.07, 6.45) is 9.88. The van der Waals surface area contributed by atoms with Gasteiger partial charge in [0, 0.05) is 11.8 Å². The quantitative estimate of drug-likeness (QED) is 0.926. The van der Waals surface area contributed by atoms with Crippen molar-refractivity contribution in [3.05, 3.63) is 59.3 Å². The topological polar surface area (TPSA) is 59.0 Å². The van der Waals surface area contributed by atoms with Crippen molar-refractivity contribution >= 4 is 11.7 Å². The minimum atomic E-state index is -0.989. The molecule has 5 nitrogen and oxygen atoms in total. The molecule has 0 saturated carbocycles. The highest BCUT2D eigenvalue weighted by atomic mass is 16.7. The number of ether oxygens (including phenoxy) is 1. The second-order valence-electron chi connectivity index (χ2n) is 5.24. The number of rotatable bonds is 4. The molecule has 0 saturated heterocycles. The summed E-state index contributed by atoms with van der Waals surface area (Å²) in [6, 6.07) is 3.65. The highest BCUT2D eigenvalue weighted by molar-refractivity contribution is 5.69. The lowest BCUT2D eigenvalue weighted by molar-refractivity contribution is -0.139. The second kappa shape index (κ2) is 5.69. The largest absolute Gasteiger partial charge is 0.482 e. The fraction of sp³-hybridized carbons (Fsp3) is 0.235. The van der Waals surface area contributed by atoms with E-state index in [1.165, 1.54) is 0 Å². The number of allylic oxidation sites excluding steroid dienone is 2. The molecule has 0 bridgehead atoms. The van der Waals surface area contributed by atoms with E-state index in [0.717, 1.165) is 22.4 Å². The zero-order valence-electron chi connectivity index (χ0n) is 12.4. The van der Waals surface area contributed by atoms with Gasteiger partial charge in [0.1, 0.15) is 11.9 Å². The molecule has 3 rings (SSSR count). The van der Waals surface area contributed by atoms with Crippen molar-refractivity contribution < 1.29 is 19.5 Å². The Balaban J connectivity index is 1.85. The van der Waals surface area contributed by atoms with E-state index in [-0.39, 0.29) is 12.7 Å². The van der Waals surface area contributed by atoms with E-state index < -0.39 is 5.97 Å². The lowest BCUT2D eigenvalue weighted by Crippen LogP contribution is -2.18. The Morgan fingerprint density at radius 2 is 2.14 bits per heavy atom. The van der Waals surface area contributed by atoms with Crippen LogP contribution in [-0.2, 0) is 9.63 Å². The fourth-order valence-electron chi connectivity index (χ4n) is 2.48. The van der Waals surface area contributed by atoms with Gasteiger partial charge in [-0.3, -0.25) is 4.84 Å². The van der Waals surface area contributed by atoms with Crippen molar-refractivity contribution in [3.63, 3.8) is 0 Å². The lowest BCUT2D eigenvalue weighted by atomic mass is 10.1. The predicted molar refractivity (Wildman–Crippen MR) is 82.8 cm³/mol. The molecule has 1 aliphatic carbocycles. The molecule has 1 aromatic rings. The number of hydrogen-bond donors (Lipinski definition) is 1. The predicted octanol–water partition coefficient (Wildman–Crippen LogP) is 2.90. The molecule has 1 aliphatic heterocycles. The molecule has 1 aromatic carbocycles. The summed E-state index contributed by atoms with van der Waals surface area (Å²) in [7, 11) is 0. The number of fused-ring (bicyclic) bond motifs is 1. The maximum Gasteiger partial charge on any atom is 0.341 e. The van der Waals surface area contributed by atoms with Crippen LogP contribution in [0.25, 0.3) is 0 Å². The van der Waals surface area contributed by atoms with Gasteiger partial charge in [-0.15, -0.1) is 0 Å². The molecule has 1 N–H and O–H groups in total. The van der Waals surface area contributed by atoms with Crippen molar-refractivity contribution in [2.24, 2.45) is 0 Å². The van der Waals surface area contributed by atoms with Crippen LogP contribution < -0.4 is 9.80 Å². The Bertz CT molecular complexity index is 703. The van der Waals surface area contributed by atoms with Crippen molar-refractivity contribution in [3.8, 4) is 5.75 Å². The van der Waals surface area contributed by atoms with Crippen LogP contribution in [0.3, 0.4) is 0 Å². The molecule has 0 amide bonds. The van der Waals surface area contributed by atoms with Gasteiger partial charge in [-0.2, -0.15) is 0 Å². The van der Waals surface area contributed by atoms with Gasteiger partial charge in [0.05, 0.1) is 5.69 Å². The summed E-state index contributed by atoms with van der Waals surface area (Å²) in [6.45, 7) is 3.53. The van der Waals surface area contributed by atoms with Crippen LogP contribution in [0.2, 0.25) is 0 Å². The van der Waals surface area contributed by atoms with Crippen LogP contribution in [0.15, 0.2) is 48.2 Å². The molecule has 0 fully saturated rings. The summed E-state index contributed by atoms with van der Waals surface area (Å²) in [5, 5.41) is 10.5. The van der Waals surface area contributed by atoms with Gasteiger partial charge in [0.2, 0.25) is 0 Å². The average Bonchev–Trinajstić information content (AvgIpc) is 2.92. The van der Waals surface area contributed by atoms with Crippen LogP contribution in [0.1, 0.15) is 11.1 Å². The number of carboxylic acids is 1. The second-order valence-corrected chi connectivity index (χ2v) is 5.24. The normalized spacial score (nSPS) is 19.1. The number of nitrogens with zero attached hydrogens (tertiary/aromatic N) is 1. The van der Waals surface area contributed by atoms with E-state index in [0.29, 0.717) is 5.75 Å². The Hall–Kier alpha value is -2.53. The van der Waals surface area contributed by atoms with E-state index in [1.807, 2.05) is 50.4 Å². The minimum absolute atomic E-state index is 0.0485. The van der Waals surface area contributed by atoms with Crippen molar-refractivity contribution in [1.29, 1.82) is 0 Å². The van der Waals surface area contributed by atoms with Crippen LogP contribution in [-0.4, -0.2) is 23.8 Å². The first-order chi connectivity index (χ1) is 10.6. The number of benzene rings is 1. The molecule has 2 aliphatic rings. The smallest absolute Gasteiger partial charge is 0.341 e. The van der Waals surface area contributed by atoms with Crippen molar-refractivity contribution in [2.75, 3.05) is 11.7 Å². The molecule has 1 heterocycles. The molecule has 0 aromatic heterocycles. The number of anilines is 1. The lowest BCUT2D eigenvalue weighted by Gasteiger charge is -2.21. The first kappa shape index (κ1) is 14.4. The average molecular weight is 299 g/mol. The number of carboxylic acid groups (broad SMARTS) is 1. The maximum absolute atomic E-state index is 10.6. The van der Waals surface area contributed by atoms with E-state index in [2.05, 4.69) is 0 Å². The van der Waals surface area contributed by atoms with Gasteiger partial charge < -0.3 is 9.84 Å². The molecule has 0 radical (unpaired) electrons. The standard InChI is InChI=1S/C17H17NO4/c1-11-12(2)15(21-10-17(19)20)8-7-14(11)18-9-13-5-3-4-6-16(13)22-18/h3-9,16H,10H2,1-2H3,(H,19,20). The third-order valence-electron chi connectivity index (χ3n) is 3.81. The summed E-state index contributed by atoms with van der Waals surface area (Å²) >= 11 is 0. The number of aliphatic carboxylic acids is 1. The monoisotopic (exact) mass is 299 g/mol. The summed E-state index contributed by atoms with van der Waals surface area (Å²) < 4.78 is 5.29. The number of hydroxylamine groups is 1. The summed E-state index contributed by atoms with van der Waals surface area (Å²) in [5.41, 5.74) is 3.92. The summed E-state index contributed by atoms with van der Waals surface area (Å²) in [5.74, 6) is -0.413. The Morgan fingerprint density at radius 3 is 2.86 bits per heavy atom. The first-order valence-electron chi connectivity index (χ1n) is 7.03. The van der Waals surface area contributed by atoms with Gasteiger partial charge >= 0.3 is 5.97 Å². The van der Waals surface area contributed by atoms with E-state index in [1.54, 1.807) is 11.1 Å². The third-order valence-corrected chi connectivity index (χ3v) is 3.81. The van der Waals surface area contributed by atoms with Crippen LogP contribution >= 0.6 is 0 Å². The van der Waals surface area contributed by atoms with Crippen LogP contribution in [0.4, 0.5) is 5.69 Å². The molecule has 114 valence electrons. The zero-order chi connectivity index (χ0) is 15.7. The van der Waals surface area contributed by atoms with Crippen LogP contribution in [0.5, 0.6) is 5.75 Å². The SMILES string of the molecule is Cc1c(OCC(=O)O)ccc(N2C=C3C=CC=CC3O2)c1C. The molecule has 22 heavy (non-hydrogen) atoms. The molecular weight excluding hydrogens is 282 g/mol. The Morgan fingerprint density at radius 1 is 1.32 bits per heavy atom. The fourth-order valence-corrected chi connectivity index (χ4v) is 2.48. The molecule has 1 unspecified atom stereocenters. The Labute approximate surface area is 128 Å². The van der Waals surface area contributed by atoms with Gasteiger partial charge in [-0.25, -0.2) is 9.86 Å². The maximum atomic E-state index is 10.6. The molecular formula is C17H17NO4. The van der Waals surface area contributed by atoms with Gasteiger partial charge in [0.25, 0.3) is 0 Å². The first-order valence-corrected chi connectivity index (χ1v) is 7.03.